The topological polar surface area (TPSA) is 59.0 Å². The van der Waals surface area contributed by atoms with Crippen molar-refractivity contribution in [3.63, 3.8) is 0 Å². The molecule has 0 aliphatic heterocycles. The van der Waals surface area contributed by atoms with Gasteiger partial charge in [0.05, 0.1) is 13.2 Å². The molecule has 0 radical (unpaired) electrons. The lowest BCUT2D eigenvalue weighted by atomic mass is 9.83. The molecule has 2 unspecified atom stereocenters. The van der Waals surface area contributed by atoms with Crippen molar-refractivity contribution < 1.29 is 19.4 Å². The zero-order chi connectivity index (χ0) is 21.5. The van der Waals surface area contributed by atoms with Crippen molar-refractivity contribution >= 4 is 5.97 Å². The number of methoxy groups -OCH3 is 1. The molecule has 0 saturated carbocycles. The number of carbonyl (C=O) groups is 1. The second kappa shape index (κ2) is 10.2. The van der Waals surface area contributed by atoms with Gasteiger partial charge in [0.15, 0.2) is 0 Å². The Kier molecular flexibility index (Phi) is 7.44. The standard InChI is InChI=1S/C25H29NO4/c1-4-13-26(14-5-2)22-12-11-19-15-23(30-17-18-9-7-6-8-10-18)21(25(28)29-3)16-20(19)24(22)27/h4-10,15-16,22,24,27H,1-2,11-14,17H2,3H3. The summed E-state index contributed by atoms with van der Waals surface area (Å²) in [6, 6.07) is 13.3. The Balaban J connectivity index is 1.91. The van der Waals surface area contributed by atoms with E-state index >= 15 is 0 Å². The Hall–Kier alpha value is -2.89. The molecule has 1 aliphatic rings. The van der Waals surface area contributed by atoms with E-state index in [0.29, 0.717) is 31.0 Å². The molecular weight excluding hydrogens is 378 g/mol. The van der Waals surface area contributed by atoms with Crippen LogP contribution in [0.25, 0.3) is 0 Å². The Morgan fingerprint density at radius 1 is 1.20 bits per heavy atom. The molecule has 0 fully saturated rings. The molecule has 30 heavy (non-hydrogen) atoms. The Labute approximate surface area is 178 Å². The van der Waals surface area contributed by atoms with Crippen LogP contribution < -0.4 is 4.74 Å². The summed E-state index contributed by atoms with van der Waals surface area (Å²) in [7, 11) is 1.35. The van der Waals surface area contributed by atoms with Crippen LogP contribution in [0.15, 0.2) is 67.8 Å². The summed E-state index contributed by atoms with van der Waals surface area (Å²) in [6.45, 7) is 9.30. The van der Waals surface area contributed by atoms with Gasteiger partial charge in [0.1, 0.15) is 17.9 Å². The van der Waals surface area contributed by atoms with Gasteiger partial charge in [-0.3, -0.25) is 4.90 Å². The molecule has 0 heterocycles. The molecule has 0 saturated heterocycles. The van der Waals surface area contributed by atoms with Gasteiger partial charge in [0, 0.05) is 19.1 Å². The maximum Gasteiger partial charge on any atom is 0.341 e. The lowest BCUT2D eigenvalue weighted by molar-refractivity contribution is 0.0476. The van der Waals surface area contributed by atoms with Crippen LogP contribution in [0.1, 0.15) is 39.6 Å². The predicted molar refractivity (Wildman–Crippen MR) is 118 cm³/mol. The summed E-state index contributed by atoms with van der Waals surface area (Å²) < 4.78 is 10.9. The van der Waals surface area contributed by atoms with E-state index in [0.717, 1.165) is 29.5 Å². The lowest BCUT2D eigenvalue weighted by Crippen LogP contribution is -2.42. The van der Waals surface area contributed by atoms with E-state index < -0.39 is 12.1 Å². The molecule has 158 valence electrons. The summed E-state index contributed by atoms with van der Waals surface area (Å²) >= 11 is 0. The smallest absolute Gasteiger partial charge is 0.341 e. The Morgan fingerprint density at radius 2 is 1.90 bits per heavy atom. The van der Waals surface area contributed by atoms with Crippen LogP contribution in [0.2, 0.25) is 0 Å². The van der Waals surface area contributed by atoms with Crippen molar-refractivity contribution in [2.24, 2.45) is 0 Å². The zero-order valence-electron chi connectivity index (χ0n) is 17.4. The number of nitrogens with zero attached hydrogens (tertiary/aromatic N) is 1. The SMILES string of the molecule is C=CCN(CC=C)C1CCc2cc(OCc3ccccc3)c(C(=O)OC)cc2C1O. The molecule has 3 rings (SSSR count). The van der Waals surface area contributed by atoms with E-state index in [1.165, 1.54) is 7.11 Å². The second-order valence-electron chi connectivity index (χ2n) is 7.40. The number of aliphatic hydroxyl groups is 1. The van der Waals surface area contributed by atoms with Crippen LogP contribution >= 0.6 is 0 Å². The largest absolute Gasteiger partial charge is 0.488 e. The highest BCUT2D eigenvalue weighted by Gasteiger charge is 2.33. The van der Waals surface area contributed by atoms with Gasteiger partial charge in [0.2, 0.25) is 0 Å². The van der Waals surface area contributed by atoms with Crippen LogP contribution in [-0.4, -0.2) is 42.2 Å². The number of aliphatic hydroxyl groups excluding tert-OH is 1. The highest BCUT2D eigenvalue weighted by Crippen LogP contribution is 2.37. The van der Waals surface area contributed by atoms with Gasteiger partial charge in [0.25, 0.3) is 0 Å². The highest BCUT2D eigenvalue weighted by molar-refractivity contribution is 5.93. The number of aryl methyl sites for hydroxylation is 1. The van der Waals surface area contributed by atoms with Gasteiger partial charge in [-0.05, 0) is 41.7 Å². The third-order valence-corrected chi connectivity index (χ3v) is 5.47. The lowest BCUT2D eigenvalue weighted by Gasteiger charge is -2.38. The van der Waals surface area contributed by atoms with Crippen molar-refractivity contribution in [2.75, 3.05) is 20.2 Å². The van der Waals surface area contributed by atoms with Crippen LogP contribution in [0, 0.1) is 0 Å². The minimum Gasteiger partial charge on any atom is -0.488 e. The van der Waals surface area contributed by atoms with Crippen LogP contribution in [0.5, 0.6) is 5.75 Å². The van der Waals surface area contributed by atoms with Crippen LogP contribution in [-0.2, 0) is 17.8 Å². The monoisotopic (exact) mass is 407 g/mol. The van der Waals surface area contributed by atoms with Crippen LogP contribution in [0.3, 0.4) is 0 Å². The summed E-state index contributed by atoms with van der Waals surface area (Å²) in [4.78, 5) is 14.6. The molecule has 2 aromatic carbocycles. The minimum atomic E-state index is -0.722. The molecule has 5 nitrogen and oxygen atoms in total. The third-order valence-electron chi connectivity index (χ3n) is 5.47. The fraction of sp³-hybridized carbons (Fsp3) is 0.320. The maximum absolute atomic E-state index is 12.4. The minimum absolute atomic E-state index is 0.0740. The number of fused-ring (bicyclic) bond motifs is 1. The fourth-order valence-corrected chi connectivity index (χ4v) is 3.98. The van der Waals surface area contributed by atoms with Crippen molar-refractivity contribution in [1.82, 2.24) is 4.90 Å². The van der Waals surface area contributed by atoms with E-state index in [2.05, 4.69) is 18.1 Å². The normalized spacial score (nSPS) is 17.8. The molecule has 0 aromatic heterocycles. The van der Waals surface area contributed by atoms with E-state index in [1.54, 1.807) is 6.07 Å². The molecule has 1 N–H and O–H groups in total. The molecule has 1 aliphatic carbocycles. The highest BCUT2D eigenvalue weighted by atomic mass is 16.5. The van der Waals surface area contributed by atoms with Gasteiger partial charge < -0.3 is 14.6 Å². The van der Waals surface area contributed by atoms with Crippen molar-refractivity contribution in [1.29, 1.82) is 0 Å². The molecule has 2 aromatic rings. The number of carbonyl (C=O) groups excluding carboxylic acids is 1. The van der Waals surface area contributed by atoms with Crippen molar-refractivity contribution in [3.05, 3.63) is 90.0 Å². The van der Waals surface area contributed by atoms with E-state index in [-0.39, 0.29) is 6.04 Å². The van der Waals surface area contributed by atoms with Gasteiger partial charge in [-0.1, -0.05) is 42.5 Å². The molecule has 2 atom stereocenters. The molecule has 5 heteroatoms. The maximum atomic E-state index is 12.4. The van der Waals surface area contributed by atoms with Gasteiger partial charge in [-0.25, -0.2) is 4.79 Å². The summed E-state index contributed by atoms with van der Waals surface area (Å²) in [5.41, 5.74) is 3.07. The number of rotatable bonds is 9. The first-order chi connectivity index (χ1) is 14.6. The number of esters is 1. The summed E-state index contributed by atoms with van der Waals surface area (Å²) in [5, 5.41) is 11.1. The van der Waals surface area contributed by atoms with Crippen molar-refractivity contribution in [2.45, 2.75) is 31.6 Å². The molecule has 0 spiro atoms. The second-order valence-corrected chi connectivity index (χ2v) is 7.40. The number of hydrogen-bond donors (Lipinski definition) is 1. The summed E-state index contributed by atoms with van der Waals surface area (Å²) in [5.74, 6) is -0.00614. The zero-order valence-corrected chi connectivity index (χ0v) is 17.4. The first-order valence-corrected chi connectivity index (χ1v) is 10.1. The number of benzene rings is 2. The molecule has 0 amide bonds. The average molecular weight is 408 g/mol. The Bertz CT molecular complexity index is 884. The number of hydrogen-bond acceptors (Lipinski definition) is 5. The van der Waals surface area contributed by atoms with E-state index in [4.69, 9.17) is 9.47 Å². The molecular formula is C25H29NO4. The van der Waals surface area contributed by atoms with E-state index in [9.17, 15) is 9.90 Å². The first kappa shape index (κ1) is 21.8. The number of ether oxygens (including phenoxy) is 2. The predicted octanol–water partition coefficient (Wildman–Crippen LogP) is 4.07. The quantitative estimate of drug-likeness (QED) is 0.502. The van der Waals surface area contributed by atoms with Gasteiger partial charge in [-0.15, -0.1) is 13.2 Å². The van der Waals surface area contributed by atoms with Crippen molar-refractivity contribution in [3.8, 4) is 5.75 Å². The first-order valence-electron chi connectivity index (χ1n) is 10.1. The fourth-order valence-electron chi connectivity index (χ4n) is 3.98. The van der Waals surface area contributed by atoms with Crippen LogP contribution in [0.4, 0.5) is 0 Å². The average Bonchev–Trinajstić information content (AvgIpc) is 2.77. The summed E-state index contributed by atoms with van der Waals surface area (Å²) in [6.07, 6.45) is 4.51. The van der Waals surface area contributed by atoms with Gasteiger partial charge in [-0.2, -0.15) is 0 Å². The molecule has 0 bridgehead atoms. The third kappa shape index (κ3) is 4.81. The Morgan fingerprint density at radius 3 is 2.53 bits per heavy atom. The van der Waals surface area contributed by atoms with Gasteiger partial charge >= 0.3 is 5.97 Å². The van der Waals surface area contributed by atoms with E-state index in [1.807, 2.05) is 48.6 Å².